The largest absolute Gasteiger partial charge is 0.490 e. The number of hydrogen-bond donors (Lipinski definition) is 0. The number of aryl methyl sites for hydroxylation is 1. The van der Waals surface area contributed by atoms with E-state index in [-0.39, 0.29) is 0 Å². The Kier molecular flexibility index (Phi) is 4.16. The summed E-state index contributed by atoms with van der Waals surface area (Å²) in [6, 6.07) is 23.0. The number of ether oxygens (including phenoxy) is 1. The molecule has 1 atom stereocenters. The van der Waals surface area contributed by atoms with Gasteiger partial charge in [-0.3, -0.25) is 0 Å². The molecule has 3 aromatic carbocycles. The van der Waals surface area contributed by atoms with Crippen molar-refractivity contribution in [3.8, 4) is 16.9 Å². The van der Waals surface area contributed by atoms with E-state index in [4.69, 9.17) is 4.74 Å². The van der Waals surface area contributed by atoms with Gasteiger partial charge in [0, 0.05) is 13.5 Å². The second-order valence-electron chi connectivity index (χ2n) is 8.37. The SMILES string of the molecule is C[Si](C)(C)CC1CCc2cc(-c3ccccc3)c3ccccc3c2O1. The minimum atomic E-state index is -1.12. The van der Waals surface area contributed by atoms with Gasteiger partial charge in [-0.2, -0.15) is 0 Å². The number of hydrogen-bond acceptors (Lipinski definition) is 1. The molecule has 25 heavy (non-hydrogen) atoms. The summed E-state index contributed by atoms with van der Waals surface area (Å²) >= 11 is 0. The topological polar surface area (TPSA) is 9.23 Å². The minimum Gasteiger partial charge on any atom is -0.490 e. The van der Waals surface area contributed by atoms with Crippen molar-refractivity contribution in [2.45, 2.75) is 44.6 Å². The van der Waals surface area contributed by atoms with Crippen molar-refractivity contribution in [3.05, 3.63) is 66.2 Å². The van der Waals surface area contributed by atoms with Crippen LogP contribution in [0.5, 0.6) is 5.75 Å². The lowest BCUT2D eigenvalue weighted by Crippen LogP contribution is -2.32. The van der Waals surface area contributed by atoms with Gasteiger partial charge in [0.2, 0.25) is 0 Å². The summed E-state index contributed by atoms with van der Waals surface area (Å²) in [6.07, 6.45) is 2.64. The van der Waals surface area contributed by atoms with Crippen molar-refractivity contribution in [1.82, 2.24) is 0 Å². The Morgan fingerprint density at radius 2 is 1.60 bits per heavy atom. The highest BCUT2D eigenvalue weighted by Crippen LogP contribution is 2.41. The highest BCUT2D eigenvalue weighted by Gasteiger charge is 2.27. The summed E-state index contributed by atoms with van der Waals surface area (Å²) < 4.78 is 6.55. The van der Waals surface area contributed by atoms with E-state index >= 15 is 0 Å². The van der Waals surface area contributed by atoms with Gasteiger partial charge in [-0.1, -0.05) is 74.2 Å². The van der Waals surface area contributed by atoms with Crippen molar-refractivity contribution < 1.29 is 4.74 Å². The van der Waals surface area contributed by atoms with E-state index < -0.39 is 8.07 Å². The molecule has 4 rings (SSSR count). The molecule has 1 unspecified atom stereocenters. The molecule has 0 aliphatic carbocycles. The highest BCUT2D eigenvalue weighted by atomic mass is 28.3. The Morgan fingerprint density at radius 1 is 0.920 bits per heavy atom. The molecule has 1 nitrogen and oxygen atoms in total. The van der Waals surface area contributed by atoms with Crippen molar-refractivity contribution >= 4 is 18.8 Å². The maximum absolute atomic E-state index is 6.55. The summed E-state index contributed by atoms with van der Waals surface area (Å²) in [6.45, 7) is 7.30. The molecule has 0 radical (unpaired) electrons. The Hall–Kier alpha value is -2.06. The third-order valence-corrected chi connectivity index (χ3v) is 6.70. The van der Waals surface area contributed by atoms with Gasteiger partial charge >= 0.3 is 0 Å². The summed E-state index contributed by atoms with van der Waals surface area (Å²) in [5.41, 5.74) is 3.97. The Balaban J connectivity index is 1.83. The standard InChI is InChI=1S/C23H26OSi/c1-25(2,3)16-19-14-13-18-15-22(17-9-5-4-6-10-17)20-11-7-8-12-21(20)23(18)24-19/h4-12,15,19H,13-14,16H2,1-3H3. The molecule has 0 amide bonds. The number of fused-ring (bicyclic) bond motifs is 3. The van der Waals surface area contributed by atoms with Crippen LogP contribution in [0.4, 0.5) is 0 Å². The van der Waals surface area contributed by atoms with Gasteiger partial charge in [0.25, 0.3) is 0 Å². The average Bonchev–Trinajstić information content (AvgIpc) is 2.60. The molecule has 0 bridgehead atoms. The van der Waals surface area contributed by atoms with Crippen LogP contribution < -0.4 is 4.74 Å². The molecular weight excluding hydrogens is 320 g/mol. The Labute approximate surface area is 151 Å². The lowest BCUT2D eigenvalue weighted by molar-refractivity contribution is 0.194. The van der Waals surface area contributed by atoms with E-state index in [9.17, 15) is 0 Å². The van der Waals surface area contributed by atoms with Gasteiger partial charge in [-0.25, -0.2) is 0 Å². The quantitative estimate of drug-likeness (QED) is 0.489. The first-order valence-corrected chi connectivity index (χ1v) is 13.0. The molecule has 128 valence electrons. The van der Waals surface area contributed by atoms with Gasteiger partial charge in [0.1, 0.15) is 5.75 Å². The monoisotopic (exact) mass is 346 g/mol. The smallest absolute Gasteiger partial charge is 0.130 e. The third-order valence-electron chi connectivity index (χ3n) is 5.02. The van der Waals surface area contributed by atoms with E-state index in [1.807, 2.05) is 0 Å². The Morgan fingerprint density at radius 3 is 2.32 bits per heavy atom. The van der Waals surface area contributed by atoms with Gasteiger partial charge < -0.3 is 4.74 Å². The van der Waals surface area contributed by atoms with Crippen LogP contribution in [-0.2, 0) is 6.42 Å². The molecule has 3 aromatic rings. The van der Waals surface area contributed by atoms with Crippen molar-refractivity contribution in [1.29, 1.82) is 0 Å². The maximum Gasteiger partial charge on any atom is 0.130 e. The van der Waals surface area contributed by atoms with E-state index in [0.29, 0.717) is 6.10 Å². The van der Waals surface area contributed by atoms with Crippen LogP contribution in [0.1, 0.15) is 12.0 Å². The van der Waals surface area contributed by atoms with Crippen LogP contribution in [0.2, 0.25) is 25.7 Å². The highest BCUT2D eigenvalue weighted by molar-refractivity contribution is 6.76. The zero-order valence-electron chi connectivity index (χ0n) is 15.4. The van der Waals surface area contributed by atoms with Crippen LogP contribution in [0, 0.1) is 0 Å². The molecule has 0 saturated heterocycles. The molecule has 1 aliphatic heterocycles. The van der Waals surface area contributed by atoms with Gasteiger partial charge in [-0.15, -0.1) is 0 Å². The summed E-state index contributed by atoms with van der Waals surface area (Å²) in [7, 11) is -1.12. The van der Waals surface area contributed by atoms with E-state index in [1.54, 1.807) is 0 Å². The molecule has 1 heterocycles. The van der Waals surface area contributed by atoms with Crippen LogP contribution in [-0.4, -0.2) is 14.2 Å². The zero-order valence-corrected chi connectivity index (χ0v) is 16.4. The lowest BCUT2D eigenvalue weighted by Gasteiger charge is -2.31. The first kappa shape index (κ1) is 16.4. The fourth-order valence-electron chi connectivity index (χ4n) is 3.96. The van der Waals surface area contributed by atoms with E-state index in [1.165, 1.54) is 33.5 Å². The Bertz CT molecular complexity index is 893. The number of rotatable bonds is 3. The molecule has 0 saturated carbocycles. The van der Waals surface area contributed by atoms with Crippen LogP contribution >= 0.6 is 0 Å². The van der Waals surface area contributed by atoms with E-state index in [0.717, 1.165) is 18.6 Å². The predicted molar refractivity (Wildman–Crippen MR) is 110 cm³/mol. The zero-order chi connectivity index (χ0) is 17.4. The fraction of sp³-hybridized carbons (Fsp3) is 0.304. The van der Waals surface area contributed by atoms with Gasteiger partial charge in [0.15, 0.2) is 0 Å². The summed E-state index contributed by atoms with van der Waals surface area (Å²) in [4.78, 5) is 0. The molecule has 0 N–H and O–H groups in total. The molecule has 0 aromatic heterocycles. The molecule has 0 fully saturated rings. The third kappa shape index (κ3) is 3.36. The fourth-order valence-corrected chi connectivity index (χ4v) is 5.61. The summed E-state index contributed by atoms with van der Waals surface area (Å²) in [5, 5.41) is 2.56. The van der Waals surface area contributed by atoms with Crippen molar-refractivity contribution in [2.75, 3.05) is 0 Å². The number of benzene rings is 3. The van der Waals surface area contributed by atoms with Gasteiger partial charge in [0.05, 0.1) is 6.10 Å². The molecular formula is C23H26OSi. The second kappa shape index (κ2) is 6.34. The van der Waals surface area contributed by atoms with Crippen LogP contribution in [0.15, 0.2) is 60.7 Å². The minimum absolute atomic E-state index is 0.380. The predicted octanol–water partition coefficient (Wildman–Crippen LogP) is 6.54. The molecule has 2 heteroatoms. The first-order valence-electron chi connectivity index (χ1n) is 9.28. The molecule has 1 aliphatic rings. The van der Waals surface area contributed by atoms with Crippen molar-refractivity contribution in [2.24, 2.45) is 0 Å². The van der Waals surface area contributed by atoms with E-state index in [2.05, 4.69) is 80.3 Å². The van der Waals surface area contributed by atoms with Crippen LogP contribution in [0.3, 0.4) is 0 Å². The first-order chi connectivity index (χ1) is 12.0. The lowest BCUT2D eigenvalue weighted by atomic mass is 9.91. The van der Waals surface area contributed by atoms with Crippen molar-refractivity contribution in [3.63, 3.8) is 0 Å². The second-order valence-corrected chi connectivity index (χ2v) is 13.9. The average molecular weight is 347 g/mol. The molecule has 0 spiro atoms. The normalized spacial score (nSPS) is 17.2. The van der Waals surface area contributed by atoms with Crippen LogP contribution in [0.25, 0.3) is 21.9 Å². The van der Waals surface area contributed by atoms with Gasteiger partial charge in [-0.05, 0) is 47.0 Å². The maximum atomic E-state index is 6.55. The summed E-state index contributed by atoms with van der Waals surface area (Å²) in [5.74, 6) is 1.13.